The van der Waals surface area contributed by atoms with Crippen molar-refractivity contribution in [3.63, 3.8) is 0 Å². The molecule has 2 rings (SSSR count). The van der Waals surface area contributed by atoms with E-state index >= 15 is 0 Å². The van der Waals surface area contributed by atoms with Crippen molar-refractivity contribution in [3.05, 3.63) is 29.8 Å². The molecule has 2 amide bonds. The fraction of sp³-hybridized carbons (Fsp3) is 0.467. The maximum absolute atomic E-state index is 11.9. The Morgan fingerprint density at radius 3 is 2.95 bits per heavy atom. The molecule has 6 nitrogen and oxygen atoms in total. The Hall–Kier alpha value is -2.08. The van der Waals surface area contributed by atoms with Crippen LogP contribution in [0.5, 0.6) is 5.75 Å². The van der Waals surface area contributed by atoms with E-state index in [1.165, 1.54) is 0 Å². The lowest BCUT2D eigenvalue weighted by Gasteiger charge is -2.34. The highest BCUT2D eigenvalue weighted by Crippen LogP contribution is 2.22. The number of nitrogens with zero attached hydrogens (tertiary/aromatic N) is 1. The van der Waals surface area contributed by atoms with E-state index < -0.39 is 11.9 Å². The highest BCUT2D eigenvalue weighted by atomic mass is 16.5. The molecule has 114 valence electrons. The number of benzene rings is 1. The van der Waals surface area contributed by atoms with Crippen molar-refractivity contribution < 1.29 is 14.3 Å². The summed E-state index contributed by atoms with van der Waals surface area (Å²) >= 11 is 0. The van der Waals surface area contributed by atoms with Crippen LogP contribution >= 0.6 is 0 Å². The molecule has 21 heavy (non-hydrogen) atoms. The zero-order valence-corrected chi connectivity index (χ0v) is 12.2. The van der Waals surface area contributed by atoms with E-state index in [0.717, 1.165) is 11.3 Å². The standard InChI is InChI=1S/C15H21N3O3/c1-2-21-13-6-4-3-5-11(13)10-18-8-7-17-15(20)12(18)9-14(16)19/h3-6,12H,2,7-10H2,1H3,(H2,16,19)(H,17,20). The fourth-order valence-electron chi connectivity index (χ4n) is 2.51. The van der Waals surface area contributed by atoms with Crippen LogP contribution in [0.4, 0.5) is 0 Å². The Morgan fingerprint density at radius 2 is 2.24 bits per heavy atom. The first-order valence-electron chi connectivity index (χ1n) is 7.12. The number of nitrogens with one attached hydrogen (secondary N) is 1. The molecule has 1 fully saturated rings. The average Bonchev–Trinajstić information content (AvgIpc) is 2.45. The molecule has 0 aromatic heterocycles. The van der Waals surface area contributed by atoms with Gasteiger partial charge in [0.15, 0.2) is 0 Å². The molecular weight excluding hydrogens is 270 g/mol. The fourth-order valence-corrected chi connectivity index (χ4v) is 2.51. The lowest BCUT2D eigenvalue weighted by molar-refractivity contribution is -0.133. The summed E-state index contributed by atoms with van der Waals surface area (Å²) in [6.45, 7) is 4.33. The summed E-state index contributed by atoms with van der Waals surface area (Å²) in [6.07, 6.45) is 0.0304. The van der Waals surface area contributed by atoms with Crippen molar-refractivity contribution in [3.8, 4) is 5.75 Å². The smallest absolute Gasteiger partial charge is 0.237 e. The van der Waals surface area contributed by atoms with E-state index in [-0.39, 0.29) is 12.3 Å². The van der Waals surface area contributed by atoms with Gasteiger partial charge in [0.05, 0.1) is 19.1 Å². The third kappa shape index (κ3) is 3.95. The van der Waals surface area contributed by atoms with Crippen LogP contribution in [0.2, 0.25) is 0 Å². The molecule has 1 heterocycles. The molecule has 3 N–H and O–H groups in total. The predicted octanol–water partition coefficient (Wildman–Crippen LogP) is 0.261. The number of carbonyl (C=O) groups excluding carboxylic acids is 2. The highest BCUT2D eigenvalue weighted by molar-refractivity contribution is 5.88. The van der Waals surface area contributed by atoms with Crippen LogP contribution < -0.4 is 15.8 Å². The van der Waals surface area contributed by atoms with Crippen molar-refractivity contribution in [2.24, 2.45) is 5.73 Å². The van der Waals surface area contributed by atoms with Gasteiger partial charge in [0.2, 0.25) is 11.8 Å². The minimum absolute atomic E-state index is 0.0304. The van der Waals surface area contributed by atoms with Gasteiger partial charge in [-0.2, -0.15) is 0 Å². The van der Waals surface area contributed by atoms with Gasteiger partial charge in [0.1, 0.15) is 5.75 Å². The van der Waals surface area contributed by atoms with Crippen LogP contribution in [-0.2, 0) is 16.1 Å². The number of ether oxygens (including phenoxy) is 1. The van der Waals surface area contributed by atoms with Gasteiger partial charge in [-0.1, -0.05) is 18.2 Å². The number of nitrogens with two attached hydrogens (primary N) is 1. The molecule has 0 spiro atoms. The Labute approximate surface area is 124 Å². The molecular formula is C15H21N3O3. The predicted molar refractivity (Wildman–Crippen MR) is 78.6 cm³/mol. The van der Waals surface area contributed by atoms with Crippen molar-refractivity contribution in [2.75, 3.05) is 19.7 Å². The lowest BCUT2D eigenvalue weighted by atomic mass is 10.1. The van der Waals surface area contributed by atoms with E-state index in [4.69, 9.17) is 10.5 Å². The summed E-state index contributed by atoms with van der Waals surface area (Å²) in [5.74, 6) is 0.192. The molecule has 1 saturated heterocycles. The molecule has 0 radical (unpaired) electrons. The minimum Gasteiger partial charge on any atom is -0.494 e. The van der Waals surface area contributed by atoms with E-state index in [1.807, 2.05) is 36.1 Å². The zero-order valence-electron chi connectivity index (χ0n) is 12.2. The van der Waals surface area contributed by atoms with Gasteiger partial charge in [-0.3, -0.25) is 14.5 Å². The SMILES string of the molecule is CCOc1ccccc1CN1CCNC(=O)C1CC(N)=O. The number of para-hydroxylation sites is 1. The third-order valence-corrected chi connectivity index (χ3v) is 3.48. The average molecular weight is 291 g/mol. The summed E-state index contributed by atoms with van der Waals surface area (Å²) in [4.78, 5) is 25.1. The first-order chi connectivity index (χ1) is 10.1. The van der Waals surface area contributed by atoms with E-state index in [0.29, 0.717) is 26.2 Å². The van der Waals surface area contributed by atoms with Crippen LogP contribution in [0.3, 0.4) is 0 Å². The summed E-state index contributed by atoms with van der Waals surface area (Å²) in [5.41, 5.74) is 6.25. The van der Waals surface area contributed by atoms with Gasteiger partial charge >= 0.3 is 0 Å². The van der Waals surface area contributed by atoms with Crippen LogP contribution in [0.1, 0.15) is 18.9 Å². The van der Waals surface area contributed by atoms with Gasteiger partial charge in [-0.05, 0) is 13.0 Å². The van der Waals surface area contributed by atoms with Crippen LogP contribution in [-0.4, -0.2) is 42.5 Å². The van der Waals surface area contributed by atoms with Gasteiger partial charge in [0, 0.05) is 25.2 Å². The maximum atomic E-state index is 11.9. The first-order valence-corrected chi connectivity index (χ1v) is 7.12. The molecule has 1 atom stereocenters. The topological polar surface area (TPSA) is 84.7 Å². The first kappa shape index (κ1) is 15.3. The number of rotatable bonds is 6. The van der Waals surface area contributed by atoms with E-state index in [2.05, 4.69) is 5.32 Å². The van der Waals surface area contributed by atoms with Crippen molar-refractivity contribution in [2.45, 2.75) is 25.9 Å². The second kappa shape index (κ2) is 7.08. The normalized spacial score (nSPS) is 19.1. The second-order valence-electron chi connectivity index (χ2n) is 4.99. The summed E-state index contributed by atoms with van der Waals surface area (Å²) in [7, 11) is 0. The number of amides is 2. The Kier molecular flexibility index (Phi) is 5.16. The minimum atomic E-state index is -0.508. The Bertz CT molecular complexity index is 519. The number of piperazine rings is 1. The molecule has 1 unspecified atom stereocenters. The van der Waals surface area contributed by atoms with Crippen LogP contribution in [0.25, 0.3) is 0 Å². The van der Waals surface area contributed by atoms with Crippen molar-refractivity contribution in [1.29, 1.82) is 0 Å². The second-order valence-corrected chi connectivity index (χ2v) is 4.99. The monoisotopic (exact) mass is 291 g/mol. The van der Waals surface area contributed by atoms with E-state index in [1.54, 1.807) is 0 Å². The number of carbonyl (C=O) groups is 2. The zero-order chi connectivity index (χ0) is 15.2. The molecule has 1 aromatic rings. The van der Waals surface area contributed by atoms with E-state index in [9.17, 15) is 9.59 Å². The van der Waals surface area contributed by atoms with Gasteiger partial charge in [0.25, 0.3) is 0 Å². The summed E-state index contributed by atoms with van der Waals surface area (Å²) in [5, 5.41) is 2.77. The molecule has 1 aliphatic heterocycles. The van der Waals surface area contributed by atoms with Gasteiger partial charge in [-0.25, -0.2) is 0 Å². The molecule has 1 aromatic carbocycles. The number of hydrogen-bond donors (Lipinski definition) is 2. The quantitative estimate of drug-likeness (QED) is 0.787. The van der Waals surface area contributed by atoms with Crippen LogP contribution in [0, 0.1) is 0 Å². The van der Waals surface area contributed by atoms with Gasteiger partial charge < -0.3 is 15.8 Å². The third-order valence-electron chi connectivity index (χ3n) is 3.48. The summed E-state index contributed by atoms with van der Waals surface area (Å²) < 4.78 is 5.60. The number of primary amides is 1. The summed E-state index contributed by atoms with van der Waals surface area (Å²) in [6, 6.07) is 7.22. The number of hydrogen-bond acceptors (Lipinski definition) is 4. The van der Waals surface area contributed by atoms with Crippen LogP contribution in [0.15, 0.2) is 24.3 Å². The largest absolute Gasteiger partial charge is 0.494 e. The molecule has 0 bridgehead atoms. The molecule has 1 aliphatic rings. The van der Waals surface area contributed by atoms with Gasteiger partial charge in [-0.15, -0.1) is 0 Å². The molecule has 6 heteroatoms. The molecule has 0 saturated carbocycles. The lowest BCUT2D eigenvalue weighted by Crippen LogP contribution is -2.55. The van der Waals surface area contributed by atoms with Crippen molar-refractivity contribution in [1.82, 2.24) is 10.2 Å². The Balaban J connectivity index is 2.15. The molecule has 0 aliphatic carbocycles. The maximum Gasteiger partial charge on any atom is 0.237 e. The Morgan fingerprint density at radius 1 is 1.48 bits per heavy atom. The highest BCUT2D eigenvalue weighted by Gasteiger charge is 2.31. The van der Waals surface area contributed by atoms with Crippen molar-refractivity contribution >= 4 is 11.8 Å².